The average Bonchev–Trinajstić information content (AvgIpc) is 2.16. The Hall–Kier alpha value is -1.49. The van der Waals surface area contributed by atoms with Gasteiger partial charge in [-0.25, -0.2) is 0 Å². The van der Waals surface area contributed by atoms with Gasteiger partial charge in [-0.2, -0.15) is 13.2 Å². The lowest BCUT2D eigenvalue weighted by molar-refractivity contribution is -0.136. The second-order valence-electron chi connectivity index (χ2n) is 3.24. The lowest BCUT2D eigenvalue weighted by Crippen LogP contribution is -2.10. The standard InChI is InChI=1S/C10H5ClF3NO/c11-6-3-5-1-2-8(16)15-9(5)7(4-6)10(12,13)14/h1-4H,(H,15,16). The number of hydrogen-bond acceptors (Lipinski definition) is 1. The number of nitrogens with one attached hydrogen (secondary N) is 1. The largest absolute Gasteiger partial charge is 0.418 e. The molecule has 0 atom stereocenters. The summed E-state index contributed by atoms with van der Waals surface area (Å²) >= 11 is 5.58. The summed E-state index contributed by atoms with van der Waals surface area (Å²) in [4.78, 5) is 13.1. The zero-order valence-corrected chi connectivity index (χ0v) is 8.49. The molecule has 1 heterocycles. The lowest BCUT2D eigenvalue weighted by Gasteiger charge is -2.10. The summed E-state index contributed by atoms with van der Waals surface area (Å²) in [6, 6.07) is 4.61. The van der Waals surface area contributed by atoms with Crippen molar-refractivity contribution in [1.82, 2.24) is 4.98 Å². The van der Waals surface area contributed by atoms with Gasteiger partial charge in [-0.05, 0) is 18.2 Å². The fourth-order valence-electron chi connectivity index (χ4n) is 1.45. The van der Waals surface area contributed by atoms with Gasteiger partial charge >= 0.3 is 6.18 Å². The van der Waals surface area contributed by atoms with E-state index in [2.05, 4.69) is 4.98 Å². The molecule has 0 aliphatic heterocycles. The van der Waals surface area contributed by atoms with Crippen LogP contribution in [-0.2, 0) is 6.18 Å². The van der Waals surface area contributed by atoms with Crippen LogP contribution in [-0.4, -0.2) is 4.98 Å². The van der Waals surface area contributed by atoms with Gasteiger partial charge in [-0.3, -0.25) is 4.79 Å². The van der Waals surface area contributed by atoms with Crippen LogP contribution in [0, 0.1) is 0 Å². The third-order valence-electron chi connectivity index (χ3n) is 2.10. The number of H-pyrrole nitrogens is 1. The van der Waals surface area contributed by atoms with Gasteiger partial charge < -0.3 is 4.98 Å². The Morgan fingerprint density at radius 1 is 1.19 bits per heavy atom. The number of rotatable bonds is 0. The molecule has 0 aliphatic carbocycles. The summed E-state index contributed by atoms with van der Waals surface area (Å²) in [6.45, 7) is 0. The maximum Gasteiger partial charge on any atom is 0.418 e. The summed E-state index contributed by atoms with van der Waals surface area (Å²) in [5.41, 5.74) is -1.77. The Morgan fingerprint density at radius 2 is 1.88 bits per heavy atom. The van der Waals surface area contributed by atoms with Crippen LogP contribution < -0.4 is 5.56 Å². The van der Waals surface area contributed by atoms with E-state index >= 15 is 0 Å². The molecule has 0 amide bonds. The van der Waals surface area contributed by atoms with E-state index in [1.807, 2.05) is 0 Å². The van der Waals surface area contributed by atoms with E-state index in [1.54, 1.807) is 0 Å². The molecule has 0 radical (unpaired) electrons. The second-order valence-corrected chi connectivity index (χ2v) is 3.67. The van der Waals surface area contributed by atoms with E-state index in [-0.39, 0.29) is 15.9 Å². The molecule has 1 N–H and O–H groups in total. The van der Waals surface area contributed by atoms with Gasteiger partial charge in [0, 0.05) is 16.5 Å². The fraction of sp³-hybridized carbons (Fsp3) is 0.100. The van der Waals surface area contributed by atoms with Crippen LogP contribution in [0.1, 0.15) is 5.56 Å². The first-order chi connectivity index (χ1) is 7.38. The molecule has 6 heteroatoms. The molecule has 16 heavy (non-hydrogen) atoms. The normalized spacial score (nSPS) is 12.0. The molecule has 0 saturated heterocycles. The van der Waals surface area contributed by atoms with Crippen molar-refractivity contribution in [1.29, 1.82) is 0 Å². The SMILES string of the molecule is O=c1ccc2cc(Cl)cc(C(F)(F)F)c2[nH]1. The van der Waals surface area contributed by atoms with E-state index in [0.29, 0.717) is 0 Å². The van der Waals surface area contributed by atoms with Crippen molar-refractivity contribution in [3.63, 3.8) is 0 Å². The monoisotopic (exact) mass is 247 g/mol. The van der Waals surface area contributed by atoms with Gasteiger partial charge in [-0.15, -0.1) is 0 Å². The smallest absolute Gasteiger partial charge is 0.321 e. The quantitative estimate of drug-likeness (QED) is 0.762. The minimum Gasteiger partial charge on any atom is -0.321 e. The Balaban J connectivity index is 2.91. The Kier molecular flexibility index (Phi) is 2.42. The first-order valence-electron chi connectivity index (χ1n) is 4.28. The minimum absolute atomic E-state index is 0.0214. The van der Waals surface area contributed by atoms with Crippen LogP contribution in [0.4, 0.5) is 13.2 Å². The Bertz CT molecular complexity index is 603. The molecular formula is C10H5ClF3NO. The number of halogens is 4. The minimum atomic E-state index is -4.55. The van der Waals surface area contributed by atoms with Crippen LogP contribution in [0.15, 0.2) is 29.1 Å². The molecular weight excluding hydrogens is 243 g/mol. The van der Waals surface area contributed by atoms with Crippen molar-refractivity contribution in [2.24, 2.45) is 0 Å². The summed E-state index contributed by atoms with van der Waals surface area (Å²) in [6.07, 6.45) is -4.55. The molecule has 0 fully saturated rings. The first-order valence-corrected chi connectivity index (χ1v) is 4.65. The molecule has 84 valence electrons. The van der Waals surface area contributed by atoms with Crippen LogP contribution in [0.25, 0.3) is 10.9 Å². The molecule has 2 rings (SSSR count). The van der Waals surface area contributed by atoms with Crippen molar-refractivity contribution in [3.8, 4) is 0 Å². The zero-order chi connectivity index (χ0) is 11.9. The van der Waals surface area contributed by atoms with Gasteiger partial charge in [-0.1, -0.05) is 11.6 Å². The van der Waals surface area contributed by atoms with E-state index in [4.69, 9.17) is 11.6 Å². The summed E-state index contributed by atoms with van der Waals surface area (Å²) in [5, 5.41) is 0.228. The molecule has 0 unspecified atom stereocenters. The van der Waals surface area contributed by atoms with Crippen LogP contribution >= 0.6 is 11.6 Å². The third-order valence-corrected chi connectivity index (χ3v) is 2.32. The number of alkyl halides is 3. The topological polar surface area (TPSA) is 32.9 Å². The highest BCUT2D eigenvalue weighted by molar-refractivity contribution is 6.31. The number of pyridine rings is 1. The third kappa shape index (κ3) is 1.90. The Labute approximate surface area is 92.7 Å². The maximum atomic E-state index is 12.6. The maximum absolute atomic E-state index is 12.6. The average molecular weight is 248 g/mol. The molecule has 0 saturated carbocycles. The predicted molar refractivity (Wildman–Crippen MR) is 54.6 cm³/mol. The molecule has 0 aliphatic rings. The highest BCUT2D eigenvalue weighted by atomic mass is 35.5. The first kappa shape index (κ1) is 11.0. The lowest BCUT2D eigenvalue weighted by atomic mass is 10.1. The fourth-order valence-corrected chi connectivity index (χ4v) is 1.68. The van der Waals surface area contributed by atoms with E-state index in [0.717, 1.165) is 12.1 Å². The van der Waals surface area contributed by atoms with Gasteiger partial charge in [0.15, 0.2) is 0 Å². The predicted octanol–water partition coefficient (Wildman–Crippen LogP) is 3.20. The molecule has 0 spiro atoms. The van der Waals surface area contributed by atoms with Gasteiger partial charge in [0.1, 0.15) is 0 Å². The molecule has 2 nitrogen and oxygen atoms in total. The van der Waals surface area contributed by atoms with Gasteiger partial charge in [0.05, 0.1) is 11.1 Å². The molecule has 2 aromatic rings. The molecule has 0 bridgehead atoms. The van der Waals surface area contributed by atoms with Crippen molar-refractivity contribution < 1.29 is 13.2 Å². The van der Waals surface area contributed by atoms with Crippen LogP contribution in [0.3, 0.4) is 0 Å². The number of hydrogen-bond donors (Lipinski definition) is 1. The number of aromatic nitrogens is 1. The molecule has 1 aromatic carbocycles. The number of aromatic amines is 1. The zero-order valence-electron chi connectivity index (χ0n) is 7.73. The van der Waals surface area contributed by atoms with Crippen molar-refractivity contribution in [2.75, 3.05) is 0 Å². The van der Waals surface area contributed by atoms with Crippen LogP contribution in [0.2, 0.25) is 5.02 Å². The molecule has 1 aromatic heterocycles. The number of benzene rings is 1. The summed E-state index contributed by atoms with van der Waals surface area (Å²) in [7, 11) is 0. The summed E-state index contributed by atoms with van der Waals surface area (Å²) < 4.78 is 37.9. The van der Waals surface area contributed by atoms with Crippen molar-refractivity contribution >= 4 is 22.5 Å². The van der Waals surface area contributed by atoms with E-state index in [1.165, 1.54) is 12.1 Å². The summed E-state index contributed by atoms with van der Waals surface area (Å²) in [5.74, 6) is 0. The van der Waals surface area contributed by atoms with Crippen LogP contribution in [0.5, 0.6) is 0 Å². The highest BCUT2D eigenvalue weighted by Crippen LogP contribution is 2.35. The van der Waals surface area contributed by atoms with Crippen molar-refractivity contribution in [2.45, 2.75) is 6.18 Å². The second kappa shape index (κ2) is 3.52. The Morgan fingerprint density at radius 3 is 2.50 bits per heavy atom. The van der Waals surface area contributed by atoms with E-state index < -0.39 is 17.3 Å². The van der Waals surface area contributed by atoms with Crippen molar-refractivity contribution in [3.05, 3.63) is 45.2 Å². The van der Waals surface area contributed by atoms with Gasteiger partial charge in [0.2, 0.25) is 5.56 Å². The van der Waals surface area contributed by atoms with E-state index in [9.17, 15) is 18.0 Å². The van der Waals surface area contributed by atoms with Gasteiger partial charge in [0.25, 0.3) is 0 Å². The highest BCUT2D eigenvalue weighted by Gasteiger charge is 2.33. The number of fused-ring (bicyclic) bond motifs is 1.